The van der Waals surface area contributed by atoms with E-state index in [4.69, 9.17) is 0 Å². The van der Waals surface area contributed by atoms with Gasteiger partial charge in [0.1, 0.15) is 5.82 Å². The molecule has 0 bridgehead atoms. The number of nitrogens with zero attached hydrogens (tertiary/aromatic N) is 1. The standard InChI is InChI=1S/C18H27FN2/c1-14(2)8-11-21-12-9-18(10-13-21)20-15(3)16-4-6-17(19)7-5-16/h4-8,15,18,20H,9-13H2,1-3H3. The van der Waals surface area contributed by atoms with Crippen LogP contribution in [0.15, 0.2) is 35.9 Å². The summed E-state index contributed by atoms with van der Waals surface area (Å²) in [6.07, 6.45) is 4.67. The topological polar surface area (TPSA) is 15.3 Å². The van der Waals surface area contributed by atoms with Crippen molar-refractivity contribution in [1.82, 2.24) is 10.2 Å². The van der Waals surface area contributed by atoms with Crippen LogP contribution in [0.2, 0.25) is 0 Å². The summed E-state index contributed by atoms with van der Waals surface area (Å²) in [6.45, 7) is 9.83. The Balaban J connectivity index is 1.78. The van der Waals surface area contributed by atoms with Crippen molar-refractivity contribution in [2.24, 2.45) is 0 Å². The number of hydrogen-bond acceptors (Lipinski definition) is 2. The van der Waals surface area contributed by atoms with Crippen LogP contribution >= 0.6 is 0 Å². The van der Waals surface area contributed by atoms with Crippen LogP contribution in [0.1, 0.15) is 45.2 Å². The summed E-state index contributed by atoms with van der Waals surface area (Å²) in [7, 11) is 0. The van der Waals surface area contributed by atoms with E-state index < -0.39 is 0 Å². The third-order valence-electron chi connectivity index (χ3n) is 4.20. The molecule has 1 fully saturated rings. The van der Waals surface area contributed by atoms with Gasteiger partial charge >= 0.3 is 0 Å². The average molecular weight is 290 g/mol. The first-order chi connectivity index (χ1) is 10.0. The van der Waals surface area contributed by atoms with Crippen molar-refractivity contribution >= 4 is 0 Å². The second-order valence-corrected chi connectivity index (χ2v) is 6.30. The highest BCUT2D eigenvalue weighted by Gasteiger charge is 2.20. The first kappa shape index (κ1) is 16.2. The molecule has 1 saturated heterocycles. The number of rotatable bonds is 5. The number of halogens is 1. The molecule has 0 aromatic heterocycles. The van der Waals surface area contributed by atoms with Crippen LogP contribution in [-0.2, 0) is 0 Å². The number of hydrogen-bond donors (Lipinski definition) is 1. The van der Waals surface area contributed by atoms with Crippen molar-refractivity contribution < 1.29 is 4.39 Å². The van der Waals surface area contributed by atoms with E-state index in [1.54, 1.807) is 0 Å². The molecule has 1 atom stereocenters. The van der Waals surface area contributed by atoms with Crippen molar-refractivity contribution in [2.45, 2.75) is 45.7 Å². The van der Waals surface area contributed by atoms with Gasteiger partial charge in [-0.05, 0) is 64.4 Å². The van der Waals surface area contributed by atoms with Crippen LogP contribution in [0.4, 0.5) is 4.39 Å². The van der Waals surface area contributed by atoms with Crippen molar-refractivity contribution in [3.05, 3.63) is 47.3 Å². The smallest absolute Gasteiger partial charge is 0.123 e. The minimum Gasteiger partial charge on any atom is -0.307 e. The average Bonchev–Trinajstić information content (AvgIpc) is 2.47. The predicted molar refractivity (Wildman–Crippen MR) is 86.8 cm³/mol. The van der Waals surface area contributed by atoms with Gasteiger partial charge in [0.25, 0.3) is 0 Å². The van der Waals surface area contributed by atoms with Crippen LogP contribution < -0.4 is 5.32 Å². The Kier molecular flexibility index (Phi) is 5.95. The lowest BCUT2D eigenvalue weighted by Crippen LogP contribution is -2.43. The second-order valence-electron chi connectivity index (χ2n) is 6.30. The SMILES string of the molecule is CC(C)=CCN1CCC(NC(C)c2ccc(F)cc2)CC1. The van der Waals surface area contributed by atoms with E-state index >= 15 is 0 Å². The fraction of sp³-hybridized carbons (Fsp3) is 0.556. The van der Waals surface area contributed by atoms with Gasteiger partial charge in [0.05, 0.1) is 0 Å². The van der Waals surface area contributed by atoms with E-state index in [1.165, 1.54) is 30.5 Å². The molecule has 1 aromatic rings. The number of allylic oxidation sites excluding steroid dienone is 1. The van der Waals surface area contributed by atoms with Gasteiger partial charge in [0.15, 0.2) is 0 Å². The lowest BCUT2D eigenvalue weighted by atomic mass is 10.0. The maximum absolute atomic E-state index is 13.0. The van der Waals surface area contributed by atoms with E-state index in [9.17, 15) is 4.39 Å². The van der Waals surface area contributed by atoms with Gasteiger partial charge in [-0.15, -0.1) is 0 Å². The Morgan fingerprint density at radius 1 is 1.29 bits per heavy atom. The van der Waals surface area contributed by atoms with Gasteiger partial charge in [0, 0.05) is 18.6 Å². The molecule has 0 spiro atoms. The Morgan fingerprint density at radius 3 is 2.48 bits per heavy atom. The van der Waals surface area contributed by atoms with Crippen LogP contribution in [0, 0.1) is 5.82 Å². The summed E-state index contributed by atoms with van der Waals surface area (Å²) >= 11 is 0. The summed E-state index contributed by atoms with van der Waals surface area (Å²) in [6, 6.07) is 7.66. The summed E-state index contributed by atoms with van der Waals surface area (Å²) in [5.74, 6) is -0.168. The molecule has 2 nitrogen and oxygen atoms in total. The van der Waals surface area contributed by atoms with Gasteiger partial charge in [0.2, 0.25) is 0 Å². The normalized spacial score (nSPS) is 18.5. The van der Waals surface area contributed by atoms with E-state index in [1.807, 2.05) is 12.1 Å². The highest BCUT2D eigenvalue weighted by molar-refractivity contribution is 5.19. The quantitative estimate of drug-likeness (QED) is 0.827. The summed E-state index contributed by atoms with van der Waals surface area (Å²) in [5.41, 5.74) is 2.54. The lowest BCUT2D eigenvalue weighted by molar-refractivity contribution is 0.208. The maximum Gasteiger partial charge on any atom is 0.123 e. The monoisotopic (exact) mass is 290 g/mol. The minimum absolute atomic E-state index is 0.168. The fourth-order valence-corrected chi connectivity index (χ4v) is 2.80. The molecule has 1 aliphatic heterocycles. The van der Waals surface area contributed by atoms with Crippen molar-refractivity contribution in [1.29, 1.82) is 0 Å². The highest BCUT2D eigenvalue weighted by Crippen LogP contribution is 2.18. The Hall–Kier alpha value is -1.19. The molecule has 3 heteroatoms. The second kappa shape index (κ2) is 7.71. The van der Waals surface area contributed by atoms with Crippen molar-refractivity contribution in [3.8, 4) is 0 Å². The first-order valence-electron chi connectivity index (χ1n) is 7.92. The van der Waals surface area contributed by atoms with Crippen molar-refractivity contribution in [2.75, 3.05) is 19.6 Å². The van der Waals surface area contributed by atoms with Crippen LogP contribution in [0.5, 0.6) is 0 Å². The fourth-order valence-electron chi connectivity index (χ4n) is 2.80. The first-order valence-corrected chi connectivity index (χ1v) is 7.92. The molecular weight excluding hydrogens is 263 g/mol. The van der Waals surface area contributed by atoms with Gasteiger partial charge < -0.3 is 5.32 Å². The largest absolute Gasteiger partial charge is 0.307 e. The number of likely N-dealkylation sites (tertiary alicyclic amines) is 1. The third kappa shape index (κ3) is 5.25. The molecule has 1 aliphatic rings. The molecule has 0 radical (unpaired) electrons. The summed E-state index contributed by atoms with van der Waals surface area (Å²) in [5, 5.41) is 3.68. The third-order valence-corrected chi connectivity index (χ3v) is 4.20. The zero-order valence-corrected chi connectivity index (χ0v) is 13.4. The van der Waals surface area contributed by atoms with Gasteiger partial charge in [-0.1, -0.05) is 23.8 Å². The Labute approximate surface area is 128 Å². The van der Waals surface area contributed by atoms with Gasteiger partial charge in [-0.25, -0.2) is 4.39 Å². The number of benzene rings is 1. The lowest BCUT2D eigenvalue weighted by Gasteiger charge is -2.33. The summed E-state index contributed by atoms with van der Waals surface area (Å²) < 4.78 is 13.0. The number of nitrogens with one attached hydrogen (secondary N) is 1. The van der Waals surface area contributed by atoms with E-state index in [0.717, 1.165) is 25.2 Å². The predicted octanol–water partition coefficient (Wildman–Crippen LogP) is 3.91. The molecule has 1 heterocycles. The molecular formula is C18H27FN2. The van der Waals surface area contributed by atoms with E-state index in [-0.39, 0.29) is 11.9 Å². The molecule has 1 aromatic carbocycles. The Morgan fingerprint density at radius 2 is 1.90 bits per heavy atom. The van der Waals surface area contributed by atoms with E-state index in [2.05, 4.69) is 37.1 Å². The van der Waals surface area contributed by atoms with Crippen LogP contribution in [0.25, 0.3) is 0 Å². The molecule has 116 valence electrons. The molecule has 0 aliphatic carbocycles. The number of piperidine rings is 1. The molecule has 1 N–H and O–H groups in total. The van der Waals surface area contributed by atoms with Gasteiger partial charge in [-0.3, -0.25) is 4.90 Å². The van der Waals surface area contributed by atoms with Crippen LogP contribution in [0.3, 0.4) is 0 Å². The maximum atomic E-state index is 13.0. The minimum atomic E-state index is -0.168. The summed E-state index contributed by atoms with van der Waals surface area (Å²) in [4.78, 5) is 2.51. The zero-order chi connectivity index (χ0) is 15.2. The molecule has 21 heavy (non-hydrogen) atoms. The molecule has 2 rings (SSSR count). The van der Waals surface area contributed by atoms with E-state index in [0.29, 0.717) is 6.04 Å². The molecule has 1 unspecified atom stereocenters. The Bertz CT molecular complexity index is 455. The molecule has 0 saturated carbocycles. The van der Waals surface area contributed by atoms with Crippen LogP contribution in [-0.4, -0.2) is 30.6 Å². The molecule has 0 amide bonds. The highest BCUT2D eigenvalue weighted by atomic mass is 19.1. The van der Waals surface area contributed by atoms with Gasteiger partial charge in [-0.2, -0.15) is 0 Å². The van der Waals surface area contributed by atoms with Crippen molar-refractivity contribution in [3.63, 3.8) is 0 Å². The zero-order valence-electron chi connectivity index (χ0n) is 13.4.